The SMILES string of the molecule is Nc1ccc(C#Cc2cc(NC(=O)NCCc3cccnc3)ccc2-c2ccccn2)cc1. The number of amides is 2. The second-order valence-electron chi connectivity index (χ2n) is 7.34. The Bertz CT molecular complexity index is 1280. The van der Waals surface area contributed by atoms with E-state index < -0.39 is 0 Å². The van der Waals surface area contributed by atoms with Gasteiger partial charge in [-0.25, -0.2) is 4.79 Å². The molecule has 0 bridgehead atoms. The minimum atomic E-state index is -0.276. The van der Waals surface area contributed by atoms with E-state index in [1.807, 2.05) is 72.8 Å². The Labute approximate surface area is 192 Å². The van der Waals surface area contributed by atoms with Crippen LogP contribution in [0.5, 0.6) is 0 Å². The largest absolute Gasteiger partial charge is 0.399 e. The number of hydrogen-bond acceptors (Lipinski definition) is 4. The summed E-state index contributed by atoms with van der Waals surface area (Å²) in [7, 11) is 0. The molecule has 4 rings (SSSR count). The number of benzene rings is 2. The summed E-state index contributed by atoms with van der Waals surface area (Å²) >= 11 is 0. The molecule has 4 N–H and O–H groups in total. The van der Waals surface area contributed by atoms with E-state index in [1.54, 1.807) is 18.6 Å². The van der Waals surface area contributed by atoms with Crippen molar-refractivity contribution in [2.45, 2.75) is 6.42 Å². The molecular formula is C27H23N5O. The topological polar surface area (TPSA) is 92.9 Å². The second-order valence-corrected chi connectivity index (χ2v) is 7.34. The van der Waals surface area contributed by atoms with Crippen LogP contribution in [0.15, 0.2) is 91.4 Å². The summed E-state index contributed by atoms with van der Waals surface area (Å²) < 4.78 is 0. The monoisotopic (exact) mass is 433 g/mol. The Morgan fingerprint density at radius 3 is 2.58 bits per heavy atom. The molecule has 0 unspecified atom stereocenters. The van der Waals surface area contributed by atoms with Gasteiger partial charge >= 0.3 is 6.03 Å². The molecular weight excluding hydrogens is 410 g/mol. The molecule has 2 aromatic heterocycles. The van der Waals surface area contributed by atoms with E-state index in [9.17, 15) is 4.79 Å². The maximum atomic E-state index is 12.4. The van der Waals surface area contributed by atoms with E-state index in [2.05, 4.69) is 32.4 Å². The van der Waals surface area contributed by atoms with Gasteiger partial charge in [0.05, 0.1) is 5.69 Å². The Morgan fingerprint density at radius 2 is 1.82 bits per heavy atom. The average molecular weight is 434 g/mol. The molecule has 6 heteroatoms. The first kappa shape index (κ1) is 21.6. The summed E-state index contributed by atoms with van der Waals surface area (Å²) in [6.45, 7) is 0.507. The van der Waals surface area contributed by atoms with Gasteiger partial charge in [0.25, 0.3) is 0 Å². The molecule has 0 aliphatic heterocycles. The highest BCUT2D eigenvalue weighted by molar-refractivity contribution is 5.90. The highest BCUT2D eigenvalue weighted by Gasteiger charge is 2.08. The lowest BCUT2D eigenvalue weighted by atomic mass is 10.0. The number of nitrogens with one attached hydrogen (secondary N) is 2. The molecule has 0 saturated heterocycles. The molecule has 2 aromatic carbocycles. The molecule has 0 aliphatic carbocycles. The number of pyridine rings is 2. The first-order valence-corrected chi connectivity index (χ1v) is 10.5. The van der Waals surface area contributed by atoms with Crippen LogP contribution >= 0.6 is 0 Å². The maximum Gasteiger partial charge on any atom is 0.319 e. The van der Waals surface area contributed by atoms with Crippen LogP contribution in [0.3, 0.4) is 0 Å². The molecule has 2 heterocycles. The maximum absolute atomic E-state index is 12.4. The van der Waals surface area contributed by atoms with Gasteiger partial charge < -0.3 is 16.4 Å². The van der Waals surface area contributed by atoms with Gasteiger partial charge in [-0.15, -0.1) is 0 Å². The van der Waals surface area contributed by atoms with Crippen molar-refractivity contribution in [1.82, 2.24) is 15.3 Å². The first-order chi connectivity index (χ1) is 16.2. The Hall–Kier alpha value is -4.63. The van der Waals surface area contributed by atoms with Crippen molar-refractivity contribution in [3.8, 4) is 23.1 Å². The fourth-order valence-corrected chi connectivity index (χ4v) is 3.22. The molecule has 2 amide bonds. The van der Waals surface area contributed by atoms with Gasteiger partial charge in [0.1, 0.15) is 0 Å². The minimum Gasteiger partial charge on any atom is -0.399 e. The molecule has 162 valence electrons. The zero-order chi connectivity index (χ0) is 22.9. The van der Waals surface area contributed by atoms with Crippen LogP contribution in [0.1, 0.15) is 16.7 Å². The minimum absolute atomic E-state index is 0.276. The average Bonchev–Trinajstić information content (AvgIpc) is 2.85. The number of urea groups is 1. The number of rotatable bonds is 5. The third-order valence-electron chi connectivity index (χ3n) is 4.89. The first-order valence-electron chi connectivity index (χ1n) is 10.5. The van der Waals surface area contributed by atoms with Gasteiger partial charge in [-0.05, 0) is 72.6 Å². The Balaban J connectivity index is 1.51. The van der Waals surface area contributed by atoms with Crippen LogP contribution in [0.4, 0.5) is 16.2 Å². The Kier molecular flexibility index (Phi) is 6.94. The van der Waals surface area contributed by atoms with E-state index in [0.29, 0.717) is 24.3 Å². The lowest BCUT2D eigenvalue weighted by Gasteiger charge is -2.10. The predicted octanol–water partition coefficient (Wildman–Crippen LogP) is 4.49. The second kappa shape index (κ2) is 10.6. The number of anilines is 2. The van der Waals surface area contributed by atoms with Gasteiger partial charge in [-0.3, -0.25) is 9.97 Å². The number of nitrogens with two attached hydrogens (primary N) is 1. The van der Waals surface area contributed by atoms with Crippen molar-refractivity contribution in [2.24, 2.45) is 0 Å². The molecule has 4 aromatic rings. The molecule has 0 atom stereocenters. The molecule has 0 radical (unpaired) electrons. The Morgan fingerprint density at radius 1 is 0.939 bits per heavy atom. The van der Waals surface area contributed by atoms with Crippen LogP contribution in [0, 0.1) is 11.8 Å². The normalized spacial score (nSPS) is 10.1. The lowest BCUT2D eigenvalue weighted by molar-refractivity contribution is 0.252. The summed E-state index contributed by atoms with van der Waals surface area (Å²) in [5, 5.41) is 5.75. The summed E-state index contributed by atoms with van der Waals surface area (Å²) in [5.74, 6) is 6.38. The van der Waals surface area contributed by atoms with Crippen LogP contribution in [0.25, 0.3) is 11.3 Å². The number of nitrogen functional groups attached to an aromatic ring is 1. The number of carbonyl (C=O) groups is 1. The molecule has 0 aliphatic rings. The van der Waals surface area contributed by atoms with Crippen molar-refractivity contribution in [3.05, 3.63) is 108 Å². The summed E-state index contributed by atoms with van der Waals surface area (Å²) in [6, 6.07) is 22.3. The zero-order valence-electron chi connectivity index (χ0n) is 18.0. The predicted molar refractivity (Wildman–Crippen MR) is 131 cm³/mol. The van der Waals surface area contributed by atoms with Crippen molar-refractivity contribution < 1.29 is 4.79 Å². The summed E-state index contributed by atoms with van der Waals surface area (Å²) in [5.41, 5.74) is 11.5. The third kappa shape index (κ3) is 6.18. The summed E-state index contributed by atoms with van der Waals surface area (Å²) in [4.78, 5) is 20.9. The van der Waals surface area contributed by atoms with Crippen molar-refractivity contribution in [2.75, 3.05) is 17.6 Å². The van der Waals surface area contributed by atoms with Crippen molar-refractivity contribution in [1.29, 1.82) is 0 Å². The number of hydrogen-bond donors (Lipinski definition) is 3. The molecule has 6 nitrogen and oxygen atoms in total. The highest BCUT2D eigenvalue weighted by Crippen LogP contribution is 2.24. The molecule has 0 spiro atoms. The van der Waals surface area contributed by atoms with Gasteiger partial charge in [0.15, 0.2) is 0 Å². The molecule has 33 heavy (non-hydrogen) atoms. The number of aromatic nitrogens is 2. The molecule has 0 fully saturated rings. The van der Waals surface area contributed by atoms with Crippen LogP contribution < -0.4 is 16.4 Å². The third-order valence-corrected chi connectivity index (χ3v) is 4.89. The summed E-state index contributed by atoms with van der Waals surface area (Å²) in [6.07, 6.45) is 5.97. The smallest absolute Gasteiger partial charge is 0.319 e. The van der Waals surface area contributed by atoms with Gasteiger partial charge in [-0.2, -0.15) is 0 Å². The highest BCUT2D eigenvalue weighted by atomic mass is 16.2. The van der Waals surface area contributed by atoms with E-state index in [0.717, 1.165) is 27.9 Å². The standard InChI is InChI=1S/C27H23N5O/c28-23-10-7-20(8-11-23)6-9-22-18-24(12-13-25(22)26-5-1-2-16-30-26)32-27(33)31-17-14-21-4-3-15-29-19-21/h1-5,7-8,10-13,15-16,18-19H,14,17,28H2,(H2,31,32,33). The van der Waals surface area contributed by atoms with Gasteiger partial charge in [0, 0.05) is 53.2 Å². The number of nitrogens with zero attached hydrogens (tertiary/aromatic N) is 2. The fourth-order valence-electron chi connectivity index (χ4n) is 3.22. The van der Waals surface area contributed by atoms with E-state index in [1.165, 1.54) is 0 Å². The van der Waals surface area contributed by atoms with Gasteiger partial charge in [-0.1, -0.05) is 24.0 Å². The van der Waals surface area contributed by atoms with Crippen molar-refractivity contribution >= 4 is 17.4 Å². The van der Waals surface area contributed by atoms with Crippen LogP contribution in [0.2, 0.25) is 0 Å². The van der Waals surface area contributed by atoms with E-state index in [-0.39, 0.29) is 6.03 Å². The van der Waals surface area contributed by atoms with E-state index in [4.69, 9.17) is 5.73 Å². The van der Waals surface area contributed by atoms with Crippen LogP contribution in [-0.4, -0.2) is 22.5 Å². The fraction of sp³-hybridized carbons (Fsp3) is 0.0741. The molecule has 0 saturated carbocycles. The van der Waals surface area contributed by atoms with Crippen LogP contribution in [-0.2, 0) is 6.42 Å². The quantitative estimate of drug-likeness (QED) is 0.319. The zero-order valence-corrected chi connectivity index (χ0v) is 18.0. The van der Waals surface area contributed by atoms with Crippen molar-refractivity contribution in [3.63, 3.8) is 0 Å². The van der Waals surface area contributed by atoms with Gasteiger partial charge in [0.2, 0.25) is 0 Å². The number of carbonyl (C=O) groups excluding carboxylic acids is 1. The lowest BCUT2D eigenvalue weighted by Crippen LogP contribution is -2.30. The van der Waals surface area contributed by atoms with E-state index >= 15 is 0 Å².